The van der Waals surface area contributed by atoms with E-state index >= 15 is 0 Å². The Morgan fingerprint density at radius 2 is 1.08 bits per heavy atom. The minimum atomic E-state index is -3.72. The molecule has 0 spiro atoms. The maximum absolute atomic E-state index is 11.8. The van der Waals surface area contributed by atoms with Crippen LogP contribution in [0.25, 0.3) is 0 Å². The van der Waals surface area contributed by atoms with Crippen molar-refractivity contribution in [2.45, 2.75) is 50.5 Å². The molecule has 0 N–H and O–H groups in total. The van der Waals surface area contributed by atoms with Gasteiger partial charge in [-0.05, 0) is 16.7 Å². The summed E-state index contributed by atoms with van der Waals surface area (Å²) < 4.78 is 59.8. The van der Waals surface area contributed by atoms with E-state index in [-0.39, 0.29) is 19.8 Å². The predicted molar refractivity (Wildman–Crippen MR) is 142 cm³/mol. The molecule has 3 aromatic rings. The van der Waals surface area contributed by atoms with E-state index in [1.165, 1.54) is 7.11 Å². The highest BCUT2D eigenvalue weighted by molar-refractivity contribution is 7.85. The van der Waals surface area contributed by atoms with E-state index in [1.807, 2.05) is 91.0 Å². The third-order valence-electron chi connectivity index (χ3n) is 6.13. The molecule has 0 radical (unpaired) electrons. The standard InChI is InChI=1S/C29H34O8S/c1-32-29-28(35-20-24-16-10-5-11-17-24)27(34-19-23-14-8-4-9-15-23)26(25(37-29)21-36-38(2,30)31)33-18-22-12-6-3-7-13-22/h3-17,25-29H,18-21H2,1-2H3/t25-,26?,27+,28+,29?/m0/s1. The van der Waals surface area contributed by atoms with Crippen LogP contribution in [0.2, 0.25) is 0 Å². The summed E-state index contributed by atoms with van der Waals surface area (Å²) in [5, 5.41) is 0. The summed E-state index contributed by atoms with van der Waals surface area (Å²) >= 11 is 0. The lowest BCUT2D eigenvalue weighted by molar-refractivity contribution is -0.320. The molecule has 38 heavy (non-hydrogen) atoms. The highest BCUT2D eigenvalue weighted by Gasteiger charge is 2.49. The zero-order chi connectivity index (χ0) is 26.8. The lowest BCUT2D eigenvalue weighted by Crippen LogP contribution is -2.61. The van der Waals surface area contributed by atoms with Crippen LogP contribution in [-0.2, 0) is 57.8 Å². The van der Waals surface area contributed by atoms with Crippen molar-refractivity contribution in [1.82, 2.24) is 0 Å². The van der Waals surface area contributed by atoms with Gasteiger partial charge in [-0.25, -0.2) is 0 Å². The van der Waals surface area contributed by atoms with Crippen LogP contribution in [0.3, 0.4) is 0 Å². The molecule has 1 aliphatic heterocycles. The molecule has 5 atom stereocenters. The van der Waals surface area contributed by atoms with E-state index < -0.39 is 40.8 Å². The molecule has 4 rings (SSSR count). The van der Waals surface area contributed by atoms with Gasteiger partial charge in [0.15, 0.2) is 6.29 Å². The molecule has 0 amide bonds. The maximum Gasteiger partial charge on any atom is 0.264 e. The highest BCUT2D eigenvalue weighted by atomic mass is 32.2. The third-order valence-corrected chi connectivity index (χ3v) is 6.69. The number of rotatable bonds is 13. The van der Waals surface area contributed by atoms with Gasteiger partial charge in [0.25, 0.3) is 10.1 Å². The van der Waals surface area contributed by atoms with E-state index in [1.54, 1.807) is 0 Å². The van der Waals surface area contributed by atoms with Crippen molar-refractivity contribution in [2.75, 3.05) is 20.0 Å². The van der Waals surface area contributed by atoms with Gasteiger partial charge in [-0.15, -0.1) is 0 Å². The first-order valence-corrected chi connectivity index (χ1v) is 14.2. The molecule has 3 aromatic carbocycles. The average molecular weight is 543 g/mol. The van der Waals surface area contributed by atoms with E-state index in [9.17, 15) is 8.42 Å². The summed E-state index contributed by atoms with van der Waals surface area (Å²) in [6, 6.07) is 29.2. The fraction of sp³-hybridized carbons (Fsp3) is 0.379. The Bertz CT molecular complexity index is 1190. The van der Waals surface area contributed by atoms with Gasteiger partial charge in [-0.2, -0.15) is 8.42 Å². The fourth-order valence-electron chi connectivity index (χ4n) is 4.26. The van der Waals surface area contributed by atoms with Crippen molar-refractivity contribution in [3.8, 4) is 0 Å². The molecule has 1 heterocycles. The number of ether oxygens (including phenoxy) is 5. The second-order valence-corrected chi connectivity index (χ2v) is 10.7. The number of hydrogen-bond acceptors (Lipinski definition) is 8. The first-order valence-electron chi connectivity index (χ1n) is 12.4. The lowest BCUT2D eigenvalue weighted by atomic mass is 9.98. The van der Waals surface area contributed by atoms with Crippen LogP contribution in [0.4, 0.5) is 0 Å². The van der Waals surface area contributed by atoms with Crippen LogP contribution in [0.1, 0.15) is 16.7 Å². The second kappa shape index (κ2) is 14.0. The zero-order valence-corrected chi connectivity index (χ0v) is 22.4. The van der Waals surface area contributed by atoms with Crippen molar-refractivity contribution in [3.05, 3.63) is 108 Å². The van der Waals surface area contributed by atoms with Crippen LogP contribution in [0.5, 0.6) is 0 Å². The Labute approximate surface area is 224 Å². The van der Waals surface area contributed by atoms with Crippen molar-refractivity contribution in [2.24, 2.45) is 0 Å². The Balaban J connectivity index is 1.62. The van der Waals surface area contributed by atoms with E-state index in [2.05, 4.69) is 0 Å². The van der Waals surface area contributed by atoms with Gasteiger partial charge in [0.2, 0.25) is 0 Å². The van der Waals surface area contributed by atoms with Crippen molar-refractivity contribution < 1.29 is 36.3 Å². The van der Waals surface area contributed by atoms with Crippen molar-refractivity contribution in [3.63, 3.8) is 0 Å². The summed E-state index contributed by atoms with van der Waals surface area (Å²) in [5.41, 5.74) is 2.90. The summed E-state index contributed by atoms with van der Waals surface area (Å²) in [6.45, 7) is 0.598. The van der Waals surface area contributed by atoms with Crippen molar-refractivity contribution in [1.29, 1.82) is 0 Å². The van der Waals surface area contributed by atoms with Gasteiger partial charge >= 0.3 is 0 Å². The van der Waals surface area contributed by atoms with Crippen LogP contribution in [0, 0.1) is 0 Å². The highest BCUT2D eigenvalue weighted by Crippen LogP contribution is 2.31. The SMILES string of the molecule is COC1O[C@@H](COS(C)(=O)=O)C(OCc2ccccc2)[C@@H](OCc2ccccc2)[C@H]1OCc1ccccc1. The van der Waals surface area contributed by atoms with Crippen LogP contribution in [0.15, 0.2) is 91.0 Å². The number of hydrogen-bond donors (Lipinski definition) is 0. The Hall–Kier alpha value is -2.63. The third kappa shape index (κ3) is 8.44. The topological polar surface area (TPSA) is 89.5 Å². The fourth-order valence-corrected chi connectivity index (χ4v) is 4.64. The molecule has 0 aliphatic carbocycles. The molecular formula is C29H34O8S. The quantitative estimate of drug-likeness (QED) is 0.299. The Morgan fingerprint density at radius 1 is 0.658 bits per heavy atom. The average Bonchev–Trinajstić information content (AvgIpc) is 2.94. The van der Waals surface area contributed by atoms with Gasteiger partial charge in [0.1, 0.15) is 24.4 Å². The molecule has 0 saturated carbocycles. The van der Waals surface area contributed by atoms with E-state index in [0.29, 0.717) is 6.61 Å². The van der Waals surface area contributed by atoms with Gasteiger partial charge in [0, 0.05) is 7.11 Å². The van der Waals surface area contributed by atoms with E-state index in [0.717, 1.165) is 22.9 Å². The molecule has 1 saturated heterocycles. The maximum atomic E-state index is 11.8. The van der Waals surface area contributed by atoms with Crippen LogP contribution >= 0.6 is 0 Å². The molecular weight excluding hydrogens is 508 g/mol. The van der Waals surface area contributed by atoms with Crippen LogP contribution < -0.4 is 0 Å². The minimum absolute atomic E-state index is 0.255. The second-order valence-electron chi connectivity index (χ2n) is 9.05. The molecule has 0 aromatic heterocycles. The normalized spacial score (nSPS) is 23.8. The summed E-state index contributed by atoms with van der Waals surface area (Å²) in [5.74, 6) is 0. The molecule has 8 nitrogen and oxygen atoms in total. The molecule has 2 unspecified atom stereocenters. The van der Waals surface area contributed by atoms with Gasteiger partial charge < -0.3 is 23.7 Å². The van der Waals surface area contributed by atoms with Crippen LogP contribution in [-0.4, -0.2) is 59.1 Å². The minimum Gasteiger partial charge on any atom is -0.368 e. The molecule has 0 bridgehead atoms. The van der Waals surface area contributed by atoms with E-state index in [4.69, 9.17) is 27.9 Å². The largest absolute Gasteiger partial charge is 0.368 e. The van der Waals surface area contributed by atoms with Crippen molar-refractivity contribution >= 4 is 10.1 Å². The molecule has 1 aliphatic rings. The van der Waals surface area contributed by atoms with Gasteiger partial charge in [-0.3, -0.25) is 4.18 Å². The predicted octanol–water partition coefficient (Wildman–Crippen LogP) is 4.09. The molecule has 204 valence electrons. The lowest BCUT2D eigenvalue weighted by Gasteiger charge is -2.45. The molecule has 9 heteroatoms. The Kier molecular flexibility index (Phi) is 10.4. The number of methoxy groups -OCH3 is 1. The summed E-state index contributed by atoms with van der Waals surface area (Å²) in [7, 11) is -2.21. The first kappa shape index (κ1) is 28.4. The first-order chi connectivity index (χ1) is 18.4. The summed E-state index contributed by atoms with van der Waals surface area (Å²) in [4.78, 5) is 0. The number of benzene rings is 3. The summed E-state index contributed by atoms with van der Waals surface area (Å²) in [6.07, 6.45) is -2.68. The monoisotopic (exact) mass is 542 g/mol. The van der Waals surface area contributed by atoms with Gasteiger partial charge in [-0.1, -0.05) is 91.0 Å². The molecule has 1 fully saturated rings. The Morgan fingerprint density at radius 3 is 1.50 bits per heavy atom. The zero-order valence-electron chi connectivity index (χ0n) is 21.5. The van der Waals surface area contributed by atoms with Gasteiger partial charge in [0.05, 0.1) is 32.7 Å². The smallest absolute Gasteiger partial charge is 0.264 e.